The summed E-state index contributed by atoms with van der Waals surface area (Å²) in [5, 5.41) is 20.7. The normalized spacial score (nSPS) is 7.73. The van der Waals surface area contributed by atoms with Gasteiger partial charge in [0, 0.05) is 19.1 Å². The van der Waals surface area contributed by atoms with Crippen LogP contribution in [-0.4, -0.2) is 36.2 Å². The quantitative estimate of drug-likeness (QED) is 0.319. The van der Waals surface area contributed by atoms with Crippen LogP contribution in [0.4, 0.5) is 0 Å². The summed E-state index contributed by atoms with van der Waals surface area (Å²) in [6.45, 7) is 0.837. The van der Waals surface area contributed by atoms with Crippen molar-refractivity contribution in [2.75, 3.05) is 19.7 Å². The molecule has 5 nitrogen and oxygen atoms in total. The van der Waals surface area contributed by atoms with Crippen LogP contribution >= 0.6 is 0 Å². The Balaban J connectivity index is -0.000000320. The molecular weight excluding hydrogens is 161 g/mol. The van der Waals surface area contributed by atoms with Gasteiger partial charge in [-0.25, -0.2) is 0 Å². The number of rotatable bonds is 5. The van der Waals surface area contributed by atoms with Gasteiger partial charge in [0.1, 0.15) is 0 Å². The largest absolute Gasteiger partial charge is 1.00 e. The third-order valence-electron chi connectivity index (χ3n) is 0.794. The van der Waals surface area contributed by atoms with Crippen molar-refractivity contribution in [2.24, 2.45) is 0 Å². The first-order valence-corrected chi connectivity index (χ1v) is 2.79. The topological polar surface area (TPSA) is 104 Å². The van der Waals surface area contributed by atoms with E-state index in [1.54, 1.807) is 0 Å². The van der Waals surface area contributed by atoms with Crippen molar-refractivity contribution in [2.45, 2.75) is 6.42 Å². The van der Waals surface area contributed by atoms with Crippen molar-refractivity contribution in [1.82, 2.24) is 5.32 Å². The Bertz CT molecular complexity index is 90.6. The summed E-state index contributed by atoms with van der Waals surface area (Å²) in [4.78, 5) is 9.75. The third kappa shape index (κ3) is 17.9. The number of hydrogen-bond donors (Lipinski definition) is 2. The first-order valence-electron chi connectivity index (χ1n) is 2.79. The van der Waals surface area contributed by atoms with Gasteiger partial charge in [-0.15, -0.1) is 0 Å². The van der Waals surface area contributed by atoms with E-state index < -0.39 is 5.97 Å². The van der Waals surface area contributed by atoms with Gasteiger partial charge in [0.2, 0.25) is 0 Å². The smallest absolute Gasteiger partial charge is 0.550 e. The van der Waals surface area contributed by atoms with Crippen LogP contribution in [0.25, 0.3) is 0 Å². The molecule has 0 aromatic heterocycles. The summed E-state index contributed by atoms with van der Waals surface area (Å²) in [6.07, 6.45) is -0.000000000000000222. The van der Waals surface area contributed by atoms with Gasteiger partial charge < -0.3 is 25.8 Å². The van der Waals surface area contributed by atoms with E-state index in [0.717, 1.165) is 0 Å². The molecule has 0 aliphatic carbocycles. The van der Waals surface area contributed by atoms with Crippen LogP contribution in [0.1, 0.15) is 6.42 Å². The number of carboxylic acids is 1. The Morgan fingerprint density at radius 3 is 2.36 bits per heavy atom. The van der Waals surface area contributed by atoms with Crippen molar-refractivity contribution >= 4 is 5.97 Å². The first-order chi connectivity index (χ1) is 4.27. The molecule has 11 heavy (non-hydrogen) atoms. The van der Waals surface area contributed by atoms with Gasteiger partial charge in [-0.2, -0.15) is 0 Å². The molecule has 4 N–H and O–H groups in total. The van der Waals surface area contributed by atoms with E-state index in [2.05, 4.69) is 5.32 Å². The van der Waals surface area contributed by atoms with Crippen LogP contribution in [0.15, 0.2) is 0 Å². The molecule has 0 bridgehead atoms. The molecule has 0 saturated heterocycles. The predicted molar refractivity (Wildman–Crippen MR) is 33.2 cm³/mol. The molecule has 6 heteroatoms. The van der Waals surface area contributed by atoms with Crippen molar-refractivity contribution in [3.63, 3.8) is 0 Å². The Morgan fingerprint density at radius 2 is 2.00 bits per heavy atom. The van der Waals surface area contributed by atoms with E-state index in [-0.39, 0.29) is 48.1 Å². The second kappa shape index (κ2) is 13.0. The van der Waals surface area contributed by atoms with Crippen molar-refractivity contribution in [3.8, 4) is 0 Å². The second-order valence-corrected chi connectivity index (χ2v) is 1.60. The van der Waals surface area contributed by atoms with Crippen molar-refractivity contribution in [3.05, 3.63) is 0 Å². The van der Waals surface area contributed by atoms with Gasteiger partial charge in [-0.1, -0.05) is 0 Å². The standard InChI is InChI=1S/C5H11NO3.Na.H2O/c7-4-3-6-2-1-5(8)9;;/h6-7H,1-4H2,(H,8,9);;1H2/q;+1;/p-1. The number of carbonyl (C=O) groups excluding carboxylic acids is 1. The van der Waals surface area contributed by atoms with Crippen LogP contribution in [0.2, 0.25) is 0 Å². The number of aliphatic hydroxyl groups is 1. The van der Waals surface area contributed by atoms with Crippen LogP contribution in [0.3, 0.4) is 0 Å². The van der Waals surface area contributed by atoms with Gasteiger partial charge in [0.25, 0.3) is 0 Å². The molecule has 0 heterocycles. The Morgan fingerprint density at radius 1 is 1.45 bits per heavy atom. The molecule has 0 aromatic rings. The minimum atomic E-state index is -1.07. The second-order valence-electron chi connectivity index (χ2n) is 1.60. The maximum absolute atomic E-state index is 9.75. The van der Waals surface area contributed by atoms with E-state index in [0.29, 0.717) is 13.1 Å². The van der Waals surface area contributed by atoms with E-state index in [1.165, 1.54) is 0 Å². The summed E-state index contributed by atoms with van der Waals surface area (Å²) in [7, 11) is 0. The average molecular weight is 173 g/mol. The molecule has 0 rings (SSSR count). The number of nitrogens with one attached hydrogen (secondary N) is 1. The molecule has 0 spiro atoms. The van der Waals surface area contributed by atoms with Gasteiger partial charge >= 0.3 is 29.6 Å². The number of carboxylic acid groups (broad SMARTS) is 1. The minimum absolute atomic E-state index is 0. The summed E-state index contributed by atoms with van der Waals surface area (Å²) < 4.78 is 0. The molecule has 0 aromatic carbocycles. The first kappa shape index (κ1) is 17.4. The molecule has 0 aliphatic heterocycles. The SMILES string of the molecule is O.O=C([O-])CCNCCO.[Na+]. The minimum Gasteiger partial charge on any atom is -0.550 e. The Labute approximate surface area is 87.4 Å². The van der Waals surface area contributed by atoms with E-state index in [1.807, 2.05) is 0 Å². The monoisotopic (exact) mass is 173 g/mol. The summed E-state index contributed by atoms with van der Waals surface area (Å²) in [6, 6.07) is 0. The molecular formula is C5H12NNaO4. The van der Waals surface area contributed by atoms with E-state index >= 15 is 0 Å². The third-order valence-corrected chi connectivity index (χ3v) is 0.794. The van der Waals surface area contributed by atoms with E-state index in [9.17, 15) is 9.90 Å². The van der Waals surface area contributed by atoms with Gasteiger partial charge in [0.05, 0.1) is 6.61 Å². The summed E-state index contributed by atoms with van der Waals surface area (Å²) in [5.41, 5.74) is 0. The Hall–Kier alpha value is 0.350. The van der Waals surface area contributed by atoms with Gasteiger partial charge in [0.15, 0.2) is 0 Å². The molecule has 62 valence electrons. The van der Waals surface area contributed by atoms with Crippen molar-refractivity contribution < 1.29 is 50.0 Å². The number of hydrogen-bond acceptors (Lipinski definition) is 4. The summed E-state index contributed by atoms with van der Waals surface area (Å²) >= 11 is 0. The molecule has 0 atom stereocenters. The fourth-order valence-corrected chi connectivity index (χ4v) is 0.395. The zero-order valence-electron chi connectivity index (χ0n) is 6.59. The zero-order chi connectivity index (χ0) is 7.11. The number of aliphatic hydroxyl groups excluding tert-OH is 1. The fraction of sp³-hybridized carbons (Fsp3) is 0.800. The maximum Gasteiger partial charge on any atom is 1.00 e. The molecule has 0 unspecified atom stereocenters. The Kier molecular flexibility index (Phi) is 20.6. The number of carbonyl (C=O) groups is 1. The van der Waals surface area contributed by atoms with Crippen LogP contribution in [0.5, 0.6) is 0 Å². The molecule has 0 saturated carbocycles. The zero-order valence-corrected chi connectivity index (χ0v) is 8.59. The molecule has 0 fully saturated rings. The maximum atomic E-state index is 9.75. The van der Waals surface area contributed by atoms with Gasteiger partial charge in [-0.3, -0.25) is 0 Å². The molecule has 0 radical (unpaired) electrons. The average Bonchev–Trinajstić information content (AvgIpc) is 1.80. The van der Waals surface area contributed by atoms with Crippen LogP contribution < -0.4 is 40.0 Å². The fourth-order valence-electron chi connectivity index (χ4n) is 0.395. The molecule has 0 aliphatic rings. The van der Waals surface area contributed by atoms with Gasteiger partial charge in [-0.05, 0) is 6.42 Å². The van der Waals surface area contributed by atoms with E-state index in [4.69, 9.17) is 5.11 Å². The van der Waals surface area contributed by atoms with Crippen LogP contribution in [0, 0.1) is 0 Å². The number of aliphatic carboxylic acids is 1. The van der Waals surface area contributed by atoms with Crippen molar-refractivity contribution in [1.29, 1.82) is 0 Å². The summed E-state index contributed by atoms with van der Waals surface area (Å²) in [5.74, 6) is -1.07. The van der Waals surface area contributed by atoms with Crippen LogP contribution in [-0.2, 0) is 4.79 Å². The molecule has 0 amide bonds. The predicted octanol–water partition coefficient (Wildman–Crippen LogP) is -6.11.